The first-order chi connectivity index (χ1) is 8.58. The standard InChI is InChI=1S/C13H14ClFN2O/c1-17-7-6-16-13(17)5-4-12(18)10-3-2-9(15)8-11(10)14/h2-3,6-8,12,18H,4-5H2,1H3. The Bertz CT molecular complexity index is 542. The minimum Gasteiger partial charge on any atom is -0.388 e. The van der Waals surface area contributed by atoms with Gasteiger partial charge in [0, 0.05) is 30.9 Å². The number of aliphatic hydroxyl groups is 1. The number of imidazole rings is 1. The van der Waals surface area contributed by atoms with Crippen LogP contribution in [-0.4, -0.2) is 14.7 Å². The Labute approximate surface area is 110 Å². The summed E-state index contributed by atoms with van der Waals surface area (Å²) < 4.78 is 14.8. The Kier molecular flexibility index (Phi) is 3.99. The van der Waals surface area contributed by atoms with Crippen molar-refractivity contribution in [2.45, 2.75) is 18.9 Å². The van der Waals surface area contributed by atoms with Gasteiger partial charge in [0.1, 0.15) is 11.6 Å². The van der Waals surface area contributed by atoms with Gasteiger partial charge in [0.2, 0.25) is 0 Å². The van der Waals surface area contributed by atoms with Crippen LogP contribution in [0.1, 0.15) is 23.9 Å². The van der Waals surface area contributed by atoms with E-state index in [2.05, 4.69) is 4.98 Å². The smallest absolute Gasteiger partial charge is 0.124 e. The Morgan fingerprint density at radius 3 is 2.89 bits per heavy atom. The van der Waals surface area contributed by atoms with E-state index < -0.39 is 11.9 Å². The lowest BCUT2D eigenvalue weighted by molar-refractivity contribution is 0.167. The molecule has 5 heteroatoms. The first kappa shape index (κ1) is 13.1. The van der Waals surface area contributed by atoms with Crippen LogP contribution in [0.25, 0.3) is 0 Å². The van der Waals surface area contributed by atoms with Crippen LogP contribution in [0.15, 0.2) is 30.6 Å². The minimum atomic E-state index is -0.713. The van der Waals surface area contributed by atoms with Crippen LogP contribution >= 0.6 is 11.6 Å². The average Bonchev–Trinajstić information content (AvgIpc) is 2.72. The highest BCUT2D eigenvalue weighted by Gasteiger charge is 2.13. The average molecular weight is 269 g/mol. The van der Waals surface area contributed by atoms with E-state index >= 15 is 0 Å². The molecule has 2 rings (SSSR count). The predicted molar refractivity (Wildman–Crippen MR) is 67.9 cm³/mol. The Morgan fingerprint density at radius 2 is 2.28 bits per heavy atom. The summed E-state index contributed by atoms with van der Waals surface area (Å²) in [6, 6.07) is 4.02. The van der Waals surface area contributed by atoms with Gasteiger partial charge in [-0.25, -0.2) is 9.37 Å². The predicted octanol–water partition coefficient (Wildman–Crippen LogP) is 2.88. The quantitative estimate of drug-likeness (QED) is 0.926. The molecule has 3 nitrogen and oxygen atoms in total. The van der Waals surface area contributed by atoms with E-state index in [1.54, 1.807) is 6.20 Å². The largest absolute Gasteiger partial charge is 0.388 e. The molecule has 1 aromatic carbocycles. The van der Waals surface area contributed by atoms with Gasteiger partial charge in [0.15, 0.2) is 0 Å². The van der Waals surface area contributed by atoms with Crippen LogP contribution in [-0.2, 0) is 13.5 Å². The molecule has 1 N–H and O–H groups in total. The molecule has 0 aliphatic rings. The highest BCUT2D eigenvalue weighted by atomic mass is 35.5. The number of aryl methyl sites for hydroxylation is 2. The zero-order valence-electron chi connectivity index (χ0n) is 9.98. The topological polar surface area (TPSA) is 38.0 Å². The molecular weight excluding hydrogens is 255 g/mol. The zero-order valence-corrected chi connectivity index (χ0v) is 10.7. The van der Waals surface area contributed by atoms with E-state index in [0.717, 1.165) is 5.82 Å². The molecule has 0 saturated carbocycles. The lowest BCUT2D eigenvalue weighted by Crippen LogP contribution is -2.04. The van der Waals surface area contributed by atoms with Crippen molar-refractivity contribution in [2.75, 3.05) is 0 Å². The van der Waals surface area contributed by atoms with Crippen molar-refractivity contribution < 1.29 is 9.50 Å². The molecule has 0 saturated heterocycles. The van der Waals surface area contributed by atoms with E-state index in [1.807, 2.05) is 17.8 Å². The molecule has 1 heterocycles. The fraction of sp³-hybridized carbons (Fsp3) is 0.308. The van der Waals surface area contributed by atoms with E-state index in [1.165, 1.54) is 18.2 Å². The number of aromatic nitrogens is 2. The zero-order chi connectivity index (χ0) is 13.1. The molecule has 18 heavy (non-hydrogen) atoms. The monoisotopic (exact) mass is 268 g/mol. The van der Waals surface area contributed by atoms with E-state index in [4.69, 9.17) is 11.6 Å². The van der Waals surface area contributed by atoms with Crippen LogP contribution in [0, 0.1) is 5.82 Å². The van der Waals surface area contributed by atoms with Crippen molar-refractivity contribution >= 4 is 11.6 Å². The molecule has 0 fully saturated rings. The van der Waals surface area contributed by atoms with Crippen LogP contribution in [0.2, 0.25) is 5.02 Å². The normalized spacial score (nSPS) is 12.7. The van der Waals surface area contributed by atoms with Gasteiger partial charge in [-0.2, -0.15) is 0 Å². The van der Waals surface area contributed by atoms with Gasteiger partial charge in [0.05, 0.1) is 6.10 Å². The second-order valence-corrected chi connectivity index (χ2v) is 4.58. The summed E-state index contributed by atoms with van der Waals surface area (Å²) in [4.78, 5) is 4.18. The molecule has 0 amide bonds. The number of hydrogen-bond acceptors (Lipinski definition) is 2. The lowest BCUT2D eigenvalue weighted by atomic mass is 10.0. The Hall–Kier alpha value is -1.39. The minimum absolute atomic E-state index is 0.252. The van der Waals surface area contributed by atoms with Crippen LogP contribution in [0.4, 0.5) is 4.39 Å². The van der Waals surface area contributed by atoms with Gasteiger partial charge in [-0.05, 0) is 24.1 Å². The fourth-order valence-corrected chi connectivity index (χ4v) is 2.12. The van der Waals surface area contributed by atoms with Crippen molar-refractivity contribution in [3.63, 3.8) is 0 Å². The third-order valence-corrected chi connectivity index (χ3v) is 3.21. The van der Waals surface area contributed by atoms with Crippen molar-refractivity contribution in [1.82, 2.24) is 9.55 Å². The maximum atomic E-state index is 12.9. The number of halogens is 2. The summed E-state index contributed by atoms with van der Waals surface area (Å²) in [7, 11) is 1.90. The van der Waals surface area contributed by atoms with Crippen molar-refractivity contribution in [3.05, 3.63) is 52.8 Å². The van der Waals surface area contributed by atoms with E-state index in [0.29, 0.717) is 18.4 Å². The maximum Gasteiger partial charge on any atom is 0.124 e. The van der Waals surface area contributed by atoms with Crippen molar-refractivity contribution in [2.24, 2.45) is 7.05 Å². The van der Waals surface area contributed by atoms with Crippen LogP contribution in [0.3, 0.4) is 0 Å². The number of aliphatic hydroxyl groups excluding tert-OH is 1. The summed E-state index contributed by atoms with van der Waals surface area (Å²) in [5.41, 5.74) is 0.548. The SMILES string of the molecule is Cn1ccnc1CCC(O)c1ccc(F)cc1Cl. The van der Waals surface area contributed by atoms with E-state index in [9.17, 15) is 9.50 Å². The van der Waals surface area contributed by atoms with Gasteiger partial charge < -0.3 is 9.67 Å². The summed E-state index contributed by atoms with van der Waals surface area (Å²) in [5.74, 6) is 0.493. The van der Waals surface area contributed by atoms with Gasteiger partial charge in [-0.15, -0.1) is 0 Å². The summed E-state index contributed by atoms with van der Waals surface area (Å²) in [5, 5.41) is 10.3. The molecule has 0 radical (unpaired) electrons. The van der Waals surface area contributed by atoms with Crippen molar-refractivity contribution in [3.8, 4) is 0 Å². The third kappa shape index (κ3) is 2.89. The molecule has 0 aliphatic heterocycles. The van der Waals surface area contributed by atoms with E-state index in [-0.39, 0.29) is 5.02 Å². The maximum absolute atomic E-state index is 12.9. The summed E-state index contributed by atoms with van der Waals surface area (Å²) >= 11 is 5.90. The number of benzene rings is 1. The second kappa shape index (κ2) is 5.50. The molecule has 1 aromatic heterocycles. The summed E-state index contributed by atoms with van der Waals surface area (Å²) in [6.45, 7) is 0. The van der Waals surface area contributed by atoms with Gasteiger partial charge in [-0.3, -0.25) is 0 Å². The van der Waals surface area contributed by atoms with Gasteiger partial charge in [-0.1, -0.05) is 17.7 Å². The highest BCUT2D eigenvalue weighted by Crippen LogP contribution is 2.26. The number of rotatable bonds is 4. The van der Waals surface area contributed by atoms with Gasteiger partial charge >= 0.3 is 0 Å². The molecule has 0 aliphatic carbocycles. The molecule has 96 valence electrons. The second-order valence-electron chi connectivity index (χ2n) is 4.17. The molecule has 0 spiro atoms. The molecular formula is C13H14ClFN2O. The molecule has 1 unspecified atom stereocenters. The fourth-order valence-electron chi connectivity index (χ4n) is 1.83. The van der Waals surface area contributed by atoms with Crippen LogP contribution < -0.4 is 0 Å². The first-order valence-corrected chi connectivity index (χ1v) is 6.05. The highest BCUT2D eigenvalue weighted by molar-refractivity contribution is 6.31. The molecule has 0 bridgehead atoms. The molecule has 2 aromatic rings. The Morgan fingerprint density at radius 1 is 1.50 bits per heavy atom. The Balaban J connectivity index is 2.03. The summed E-state index contributed by atoms with van der Waals surface area (Å²) in [6.07, 6.45) is 3.99. The van der Waals surface area contributed by atoms with Crippen LogP contribution in [0.5, 0.6) is 0 Å². The lowest BCUT2D eigenvalue weighted by Gasteiger charge is -2.12. The number of hydrogen-bond donors (Lipinski definition) is 1. The number of nitrogens with zero attached hydrogens (tertiary/aromatic N) is 2. The first-order valence-electron chi connectivity index (χ1n) is 5.67. The van der Waals surface area contributed by atoms with Crippen molar-refractivity contribution in [1.29, 1.82) is 0 Å². The molecule has 1 atom stereocenters. The third-order valence-electron chi connectivity index (χ3n) is 2.88. The van der Waals surface area contributed by atoms with Gasteiger partial charge in [0.25, 0.3) is 0 Å².